The summed E-state index contributed by atoms with van der Waals surface area (Å²) in [5, 5.41) is 0. The lowest BCUT2D eigenvalue weighted by atomic mass is 9.64. The van der Waals surface area contributed by atoms with Gasteiger partial charge in [-0.05, 0) is 24.3 Å². The molecule has 1 aliphatic carbocycles. The normalized spacial score (nSPS) is 16.7. The topological polar surface area (TPSA) is 71.8 Å². The van der Waals surface area contributed by atoms with Gasteiger partial charge < -0.3 is 10.7 Å². The van der Waals surface area contributed by atoms with Crippen LogP contribution in [0.3, 0.4) is 0 Å². The zero-order chi connectivity index (χ0) is 15.0. The van der Waals surface area contributed by atoms with E-state index >= 15 is 0 Å². The molecule has 0 bridgehead atoms. The average Bonchev–Trinajstić information content (AvgIpc) is 2.37. The van der Waals surface area contributed by atoms with Gasteiger partial charge in [0.1, 0.15) is 11.6 Å². The van der Waals surface area contributed by atoms with E-state index < -0.39 is 0 Å². The van der Waals surface area contributed by atoms with Crippen molar-refractivity contribution in [2.24, 2.45) is 0 Å². The van der Waals surface area contributed by atoms with Crippen molar-refractivity contribution in [2.45, 2.75) is 44.4 Å². The Labute approximate surface area is 124 Å². The number of aromatic nitrogens is 2. The summed E-state index contributed by atoms with van der Waals surface area (Å²) in [7, 11) is 0. The van der Waals surface area contributed by atoms with Crippen LogP contribution in [0.25, 0.3) is 0 Å². The zero-order valence-electron chi connectivity index (χ0n) is 12.5. The highest BCUT2D eigenvalue weighted by molar-refractivity contribution is 5.43. The second-order valence-electron chi connectivity index (χ2n) is 6.17. The van der Waals surface area contributed by atoms with E-state index in [2.05, 4.69) is 22.1 Å². The molecule has 4 nitrogen and oxygen atoms in total. The Morgan fingerprint density at radius 1 is 1.24 bits per heavy atom. The molecular formula is C17H21N3O. The van der Waals surface area contributed by atoms with E-state index in [1.165, 1.54) is 5.56 Å². The van der Waals surface area contributed by atoms with Crippen molar-refractivity contribution in [1.82, 2.24) is 9.97 Å². The molecular weight excluding hydrogens is 262 g/mol. The van der Waals surface area contributed by atoms with Crippen molar-refractivity contribution in [2.75, 3.05) is 5.73 Å². The smallest absolute Gasteiger partial charge is 0.256 e. The molecule has 110 valence electrons. The maximum atomic E-state index is 12.3. The number of nitrogen functional groups attached to an aromatic ring is 1. The molecule has 0 saturated heterocycles. The number of nitrogens with zero attached hydrogens (tertiary/aromatic N) is 1. The van der Waals surface area contributed by atoms with Gasteiger partial charge in [0, 0.05) is 0 Å². The maximum absolute atomic E-state index is 12.3. The first-order chi connectivity index (χ1) is 10.0. The number of nitrogens with two attached hydrogens (primary N) is 1. The van der Waals surface area contributed by atoms with Crippen molar-refractivity contribution >= 4 is 5.82 Å². The lowest BCUT2D eigenvalue weighted by Gasteiger charge is -2.41. The third-order valence-electron chi connectivity index (χ3n) is 4.55. The molecule has 3 rings (SSSR count). The summed E-state index contributed by atoms with van der Waals surface area (Å²) in [4.78, 5) is 19.9. The summed E-state index contributed by atoms with van der Waals surface area (Å²) < 4.78 is 0. The van der Waals surface area contributed by atoms with Crippen molar-refractivity contribution < 1.29 is 0 Å². The molecule has 0 radical (unpaired) electrons. The van der Waals surface area contributed by atoms with E-state index in [0.29, 0.717) is 17.2 Å². The fourth-order valence-electron chi connectivity index (χ4n) is 3.23. The Bertz CT molecular complexity index is 700. The van der Waals surface area contributed by atoms with Gasteiger partial charge in [-0.1, -0.05) is 50.6 Å². The van der Waals surface area contributed by atoms with Gasteiger partial charge in [-0.15, -0.1) is 0 Å². The van der Waals surface area contributed by atoms with Crippen LogP contribution in [-0.4, -0.2) is 9.97 Å². The van der Waals surface area contributed by atoms with Gasteiger partial charge in [0.25, 0.3) is 5.56 Å². The molecule has 2 aromatic rings. The monoisotopic (exact) mass is 283 g/mol. The van der Waals surface area contributed by atoms with Gasteiger partial charge in [-0.2, -0.15) is 0 Å². The minimum atomic E-state index is -0.177. The van der Waals surface area contributed by atoms with E-state index in [9.17, 15) is 4.79 Å². The number of rotatable bonds is 3. The van der Waals surface area contributed by atoms with Crippen LogP contribution in [0.2, 0.25) is 0 Å². The standard InChI is InChI=1S/C17H21N3O/c1-11(2)13-14(18)19-16(20-15(13)21)17(9-6-10-17)12-7-4-3-5-8-12/h3-5,7-8,11H,6,9-10H2,1-2H3,(H3,18,19,20,21). The fourth-order valence-corrected chi connectivity index (χ4v) is 3.23. The van der Waals surface area contributed by atoms with E-state index in [1.54, 1.807) is 0 Å². The molecule has 0 amide bonds. The Hall–Kier alpha value is -2.10. The highest BCUT2D eigenvalue weighted by atomic mass is 16.1. The highest BCUT2D eigenvalue weighted by Crippen LogP contribution is 2.47. The minimum absolute atomic E-state index is 0.0735. The number of aromatic amines is 1. The lowest BCUT2D eigenvalue weighted by molar-refractivity contribution is 0.284. The predicted molar refractivity (Wildman–Crippen MR) is 84.4 cm³/mol. The Morgan fingerprint density at radius 2 is 1.90 bits per heavy atom. The molecule has 1 heterocycles. The number of hydrogen-bond acceptors (Lipinski definition) is 3. The summed E-state index contributed by atoms with van der Waals surface area (Å²) in [5.74, 6) is 1.15. The average molecular weight is 283 g/mol. The van der Waals surface area contributed by atoms with E-state index in [4.69, 9.17) is 5.73 Å². The van der Waals surface area contributed by atoms with Crippen LogP contribution in [0.5, 0.6) is 0 Å². The Balaban J connectivity index is 2.14. The Morgan fingerprint density at radius 3 is 2.38 bits per heavy atom. The first-order valence-corrected chi connectivity index (χ1v) is 7.50. The SMILES string of the molecule is CC(C)c1c(N)nc(C2(c3ccccc3)CCC2)[nH]c1=O. The highest BCUT2D eigenvalue weighted by Gasteiger charge is 2.43. The van der Waals surface area contributed by atoms with E-state index in [1.807, 2.05) is 32.0 Å². The van der Waals surface area contributed by atoms with Crippen LogP contribution in [0.15, 0.2) is 35.1 Å². The van der Waals surface area contributed by atoms with Gasteiger partial charge in [0.2, 0.25) is 0 Å². The molecule has 0 spiro atoms. The summed E-state index contributed by atoms with van der Waals surface area (Å²) in [6.45, 7) is 3.91. The molecule has 1 aromatic heterocycles. The van der Waals surface area contributed by atoms with E-state index in [0.717, 1.165) is 19.3 Å². The fraction of sp³-hybridized carbons (Fsp3) is 0.412. The van der Waals surface area contributed by atoms with Gasteiger partial charge in [-0.25, -0.2) is 4.98 Å². The third-order valence-corrected chi connectivity index (χ3v) is 4.55. The summed E-state index contributed by atoms with van der Waals surface area (Å²) >= 11 is 0. The van der Waals surface area contributed by atoms with Gasteiger partial charge in [-0.3, -0.25) is 4.79 Å². The first kappa shape index (κ1) is 13.9. The first-order valence-electron chi connectivity index (χ1n) is 7.50. The van der Waals surface area contributed by atoms with Crippen LogP contribution in [0, 0.1) is 0 Å². The molecule has 1 aliphatic rings. The number of benzene rings is 1. The number of nitrogens with one attached hydrogen (secondary N) is 1. The van der Waals surface area contributed by atoms with Crippen molar-refractivity contribution in [1.29, 1.82) is 0 Å². The Kier molecular flexibility index (Phi) is 3.32. The van der Waals surface area contributed by atoms with Crippen molar-refractivity contribution in [3.63, 3.8) is 0 Å². The second-order valence-corrected chi connectivity index (χ2v) is 6.17. The van der Waals surface area contributed by atoms with Crippen LogP contribution in [0.4, 0.5) is 5.82 Å². The molecule has 1 fully saturated rings. The maximum Gasteiger partial charge on any atom is 0.256 e. The van der Waals surface area contributed by atoms with Gasteiger partial charge in [0.15, 0.2) is 0 Å². The van der Waals surface area contributed by atoms with Gasteiger partial charge in [0.05, 0.1) is 11.0 Å². The largest absolute Gasteiger partial charge is 0.383 e. The number of anilines is 1. The third kappa shape index (κ3) is 2.15. The second kappa shape index (κ2) is 5.02. The summed E-state index contributed by atoms with van der Waals surface area (Å²) in [5.41, 5.74) is 7.56. The summed E-state index contributed by atoms with van der Waals surface area (Å²) in [6, 6.07) is 10.3. The molecule has 0 unspecified atom stereocenters. The molecule has 1 aromatic carbocycles. The molecule has 0 atom stereocenters. The molecule has 3 N–H and O–H groups in total. The zero-order valence-corrected chi connectivity index (χ0v) is 12.5. The molecule has 4 heteroatoms. The van der Waals surface area contributed by atoms with Crippen LogP contribution >= 0.6 is 0 Å². The summed E-state index contributed by atoms with van der Waals surface area (Å²) in [6.07, 6.45) is 3.14. The van der Waals surface area contributed by atoms with Crippen LogP contribution < -0.4 is 11.3 Å². The minimum Gasteiger partial charge on any atom is -0.383 e. The number of hydrogen-bond donors (Lipinski definition) is 2. The number of H-pyrrole nitrogens is 1. The van der Waals surface area contributed by atoms with Crippen molar-refractivity contribution in [3.05, 3.63) is 57.6 Å². The van der Waals surface area contributed by atoms with Crippen molar-refractivity contribution in [3.8, 4) is 0 Å². The molecule has 0 aliphatic heterocycles. The van der Waals surface area contributed by atoms with E-state index in [-0.39, 0.29) is 16.9 Å². The molecule has 21 heavy (non-hydrogen) atoms. The quantitative estimate of drug-likeness (QED) is 0.909. The predicted octanol–water partition coefficient (Wildman–Crippen LogP) is 2.95. The van der Waals surface area contributed by atoms with Crippen LogP contribution in [-0.2, 0) is 5.41 Å². The lowest BCUT2D eigenvalue weighted by Crippen LogP contribution is -2.39. The molecule has 1 saturated carbocycles. The van der Waals surface area contributed by atoms with Gasteiger partial charge >= 0.3 is 0 Å². The van der Waals surface area contributed by atoms with Crippen LogP contribution in [0.1, 0.15) is 56.0 Å².